The number of hydroxylamine groups is 2. The van der Waals surface area contributed by atoms with Gasteiger partial charge in [-0.1, -0.05) is 0 Å². The lowest BCUT2D eigenvalue weighted by Crippen LogP contribution is -2.40. The normalized spacial score (nSPS) is 33.4. The van der Waals surface area contributed by atoms with Crippen LogP contribution < -0.4 is 0 Å². The zero-order chi connectivity index (χ0) is 9.97. The van der Waals surface area contributed by atoms with Crippen LogP contribution in [-0.2, 0) is 14.4 Å². The quantitative estimate of drug-likeness (QED) is 0.632. The van der Waals surface area contributed by atoms with E-state index in [2.05, 4.69) is 0 Å². The molecule has 0 aromatic rings. The molecular weight excluding hydrogens is 186 g/mol. The van der Waals surface area contributed by atoms with E-state index in [0.29, 0.717) is 6.61 Å². The summed E-state index contributed by atoms with van der Waals surface area (Å²) in [5, 5.41) is 10.4. The number of carbonyl (C=O) groups is 1. The number of aliphatic hydroxyl groups is 1. The fourth-order valence-corrected chi connectivity index (χ4v) is 1.72. The molecule has 14 heavy (non-hydrogen) atoms. The summed E-state index contributed by atoms with van der Waals surface area (Å²) in [5.41, 5.74) is 0. The highest BCUT2D eigenvalue weighted by atomic mass is 16.7. The van der Waals surface area contributed by atoms with Gasteiger partial charge in [-0.25, -0.2) is 5.06 Å². The molecule has 0 radical (unpaired) electrons. The highest BCUT2D eigenvalue weighted by Crippen LogP contribution is 2.17. The third kappa shape index (κ3) is 2.05. The Morgan fingerprint density at radius 1 is 1.43 bits per heavy atom. The van der Waals surface area contributed by atoms with E-state index in [1.165, 1.54) is 5.06 Å². The van der Waals surface area contributed by atoms with Crippen molar-refractivity contribution in [3.63, 3.8) is 0 Å². The van der Waals surface area contributed by atoms with Gasteiger partial charge in [0.1, 0.15) is 18.8 Å². The number of aliphatic hydroxyl groups excluding tert-OH is 1. The molecule has 5 heteroatoms. The van der Waals surface area contributed by atoms with E-state index in [0.717, 1.165) is 19.3 Å². The van der Waals surface area contributed by atoms with Crippen molar-refractivity contribution < 1.29 is 19.5 Å². The van der Waals surface area contributed by atoms with Crippen LogP contribution in [0.1, 0.15) is 19.3 Å². The van der Waals surface area contributed by atoms with Gasteiger partial charge >= 0.3 is 0 Å². The monoisotopic (exact) mass is 201 g/mol. The van der Waals surface area contributed by atoms with Crippen molar-refractivity contribution in [3.05, 3.63) is 0 Å². The molecule has 2 saturated heterocycles. The first-order valence-electron chi connectivity index (χ1n) is 5.01. The number of ether oxygens (including phenoxy) is 1. The summed E-state index contributed by atoms with van der Waals surface area (Å²) in [6.07, 6.45) is 1.88. The highest BCUT2D eigenvalue weighted by Gasteiger charge is 2.32. The maximum absolute atomic E-state index is 11.7. The van der Waals surface area contributed by atoms with Crippen molar-refractivity contribution in [2.75, 3.05) is 19.8 Å². The minimum Gasteiger partial charge on any atom is -0.389 e. The van der Waals surface area contributed by atoms with E-state index in [1.807, 2.05) is 0 Å². The van der Waals surface area contributed by atoms with Crippen LogP contribution in [0.3, 0.4) is 0 Å². The number of β-amino-alcohol motifs (C(OH)–C–C–N with tert-alkyl or cyclic N) is 1. The Balaban J connectivity index is 1.87. The van der Waals surface area contributed by atoms with E-state index >= 15 is 0 Å². The molecule has 0 bridgehead atoms. The molecule has 1 unspecified atom stereocenters. The second-order valence-corrected chi connectivity index (χ2v) is 3.70. The van der Waals surface area contributed by atoms with E-state index in [-0.39, 0.29) is 25.2 Å². The molecule has 2 aliphatic heterocycles. The summed E-state index contributed by atoms with van der Waals surface area (Å²) in [7, 11) is 0. The summed E-state index contributed by atoms with van der Waals surface area (Å²) in [6, 6.07) is 0. The summed E-state index contributed by atoms with van der Waals surface area (Å²) < 4.78 is 5.33. The molecule has 1 amide bonds. The smallest absolute Gasteiger partial charge is 0.275 e. The highest BCUT2D eigenvalue weighted by molar-refractivity contribution is 5.80. The van der Waals surface area contributed by atoms with Crippen LogP contribution in [0.15, 0.2) is 0 Å². The average molecular weight is 201 g/mol. The number of rotatable bonds is 1. The molecule has 2 aliphatic rings. The Hall–Kier alpha value is -0.650. The largest absolute Gasteiger partial charge is 0.389 e. The van der Waals surface area contributed by atoms with E-state index in [9.17, 15) is 9.90 Å². The molecule has 2 fully saturated rings. The summed E-state index contributed by atoms with van der Waals surface area (Å²) in [6.45, 7) is 1.12. The van der Waals surface area contributed by atoms with Gasteiger partial charge in [0, 0.05) is 6.61 Å². The Kier molecular flexibility index (Phi) is 3.00. The van der Waals surface area contributed by atoms with Crippen molar-refractivity contribution in [2.45, 2.75) is 31.5 Å². The second-order valence-electron chi connectivity index (χ2n) is 3.70. The van der Waals surface area contributed by atoms with E-state index in [4.69, 9.17) is 9.57 Å². The van der Waals surface area contributed by atoms with Crippen LogP contribution in [-0.4, -0.2) is 48.0 Å². The standard InChI is InChI=1S/C9H15NO4/c11-7-5-10(14-6-7)9(12)8-3-1-2-4-13-8/h7-8,11H,1-6H2/t7-,8?/m1/s1. The van der Waals surface area contributed by atoms with Crippen molar-refractivity contribution in [2.24, 2.45) is 0 Å². The molecule has 80 valence electrons. The van der Waals surface area contributed by atoms with Gasteiger partial charge < -0.3 is 9.84 Å². The topological polar surface area (TPSA) is 59.0 Å². The van der Waals surface area contributed by atoms with Crippen molar-refractivity contribution >= 4 is 5.91 Å². The molecule has 0 saturated carbocycles. The SMILES string of the molecule is O=C(C1CCCCO1)N1C[C@@H](O)CO1. The number of amides is 1. The number of hydrogen-bond acceptors (Lipinski definition) is 4. The lowest BCUT2D eigenvalue weighted by molar-refractivity contribution is -0.183. The van der Waals surface area contributed by atoms with Gasteiger partial charge in [0.2, 0.25) is 0 Å². The van der Waals surface area contributed by atoms with Crippen LogP contribution in [0.4, 0.5) is 0 Å². The van der Waals surface area contributed by atoms with Gasteiger partial charge in [0.05, 0.1) is 6.54 Å². The lowest BCUT2D eigenvalue weighted by Gasteiger charge is -2.25. The molecule has 5 nitrogen and oxygen atoms in total. The predicted octanol–water partition coefficient (Wildman–Crippen LogP) is -0.310. The number of nitrogens with zero attached hydrogens (tertiary/aromatic N) is 1. The molecular formula is C9H15NO4. The maximum atomic E-state index is 11.7. The molecule has 2 atom stereocenters. The molecule has 2 heterocycles. The maximum Gasteiger partial charge on any atom is 0.275 e. The van der Waals surface area contributed by atoms with Crippen LogP contribution in [0, 0.1) is 0 Å². The third-order valence-electron chi connectivity index (χ3n) is 2.50. The summed E-state index contributed by atoms with van der Waals surface area (Å²) in [4.78, 5) is 16.7. The van der Waals surface area contributed by atoms with Crippen LogP contribution >= 0.6 is 0 Å². The van der Waals surface area contributed by atoms with Gasteiger partial charge in [-0.15, -0.1) is 0 Å². The van der Waals surface area contributed by atoms with Gasteiger partial charge in [-0.3, -0.25) is 9.63 Å². The summed E-state index contributed by atoms with van der Waals surface area (Å²) in [5.74, 6) is -0.152. The first kappa shape index (κ1) is 9.89. The number of hydrogen-bond donors (Lipinski definition) is 1. The minimum absolute atomic E-state index is 0.152. The van der Waals surface area contributed by atoms with Crippen LogP contribution in [0.2, 0.25) is 0 Å². The first-order valence-corrected chi connectivity index (χ1v) is 5.01. The van der Waals surface area contributed by atoms with Crippen LogP contribution in [0.5, 0.6) is 0 Å². The number of carbonyl (C=O) groups excluding carboxylic acids is 1. The molecule has 0 aliphatic carbocycles. The Morgan fingerprint density at radius 2 is 2.29 bits per heavy atom. The van der Waals surface area contributed by atoms with Gasteiger partial charge in [-0.2, -0.15) is 0 Å². The fraction of sp³-hybridized carbons (Fsp3) is 0.889. The van der Waals surface area contributed by atoms with E-state index < -0.39 is 6.10 Å². The Labute approximate surface area is 82.5 Å². The molecule has 2 rings (SSSR count). The minimum atomic E-state index is -0.553. The van der Waals surface area contributed by atoms with Gasteiger partial charge in [0.25, 0.3) is 5.91 Å². The molecule has 0 aromatic carbocycles. The fourth-order valence-electron chi connectivity index (χ4n) is 1.72. The summed E-state index contributed by atoms with van der Waals surface area (Å²) >= 11 is 0. The first-order chi connectivity index (χ1) is 6.77. The lowest BCUT2D eigenvalue weighted by atomic mass is 10.1. The second kappa shape index (κ2) is 4.25. The zero-order valence-electron chi connectivity index (χ0n) is 8.02. The van der Waals surface area contributed by atoms with Crippen molar-refractivity contribution in [1.82, 2.24) is 5.06 Å². The average Bonchev–Trinajstić information content (AvgIpc) is 2.65. The van der Waals surface area contributed by atoms with E-state index in [1.54, 1.807) is 0 Å². The molecule has 0 aromatic heterocycles. The van der Waals surface area contributed by atoms with Gasteiger partial charge in [0.15, 0.2) is 0 Å². The van der Waals surface area contributed by atoms with Crippen LogP contribution in [0.25, 0.3) is 0 Å². The Bertz CT molecular complexity index is 208. The van der Waals surface area contributed by atoms with Gasteiger partial charge in [-0.05, 0) is 19.3 Å². The Morgan fingerprint density at radius 3 is 2.86 bits per heavy atom. The van der Waals surface area contributed by atoms with Crippen molar-refractivity contribution in [3.8, 4) is 0 Å². The van der Waals surface area contributed by atoms with Crippen molar-refractivity contribution in [1.29, 1.82) is 0 Å². The third-order valence-corrected chi connectivity index (χ3v) is 2.50. The molecule has 1 N–H and O–H groups in total. The predicted molar refractivity (Wildman–Crippen MR) is 47.3 cm³/mol. The zero-order valence-corrected chi connectivity index (χ0v) is 8.02. The molecule has 0 spiro atoms.